The Hall–Kier alpha value is -1.10. The van der Waals surface area contributed by atoms with Crippen LogP contribution in [0.2, 0.25) is 0 Å². The van der Waals surface area contributed by atoms with Gasteiger partial charge in [0.2, 0.25) is 0 Å². The highest BCUT2D eigenvalue weighted by atomic mass is 16.5. The largest absolute Gasteiger partial charge is 0.497 e. The third-order valence-electron chi connectivity index (χ3n) is 4.49. The Kier molecular flexibility index (Phi) is 4.24. The maximum absolute atomic E-state index is 5.92. The lowest BCUT2D eigenvalue weighted by atomic mass is 10.1. The van der Waals surface area contributed by atoms with Crippen LogP contribution in [0.25, 0.3) is 0 Å². The summed E-state index contributed by atoms with van der Waals surface area (Å²) in [6.45, 7) is 2.73. The molecule has 1 aromatic rings. The number of hydrogen-bond donors (Lipinski definition) is 0. The number of rotatable bonds is 4. The smallest absolute Gasteiger partial charge is 0.118 e. The van der Waals surface area contributed by atoms with Crippen molar-refractivity contribution in [2.75, 3.05) is 27.4 Å². The van der Waals surface area contributed by atoms with Gasteiger partial charge in [-0.3, -0.25) is 4.90 Å². The Bertz CT molecular complexity index is 434. The van der Waals surface area contributed by atoms with Crippen LogP contribution in [0.4, 0.5) is 0 Å². The number of benzene rings is 1. The first-order valence-electron chi connectivity index (χ1n) is 7.33. The molecule has 2 bridgehead atoms. The molecule has 0 amide bonds. The molecule has 2 aliphatic rings. The molecular formula is C16H23NO3. The summed E-state index contributed by atoms with van der Waals surface area (Å²) in [6.07, 6.45) is 2.78. The number of nitrogens with zero attached hydrogens (tertiary/aromatic N) is 1. The van der Waals surface area contributed by atoms with Crippen molar-refractivity contribution in [3.63, 3.8) is 0 Å². The van der Waals surface area contributed by atoms with Crippen LogP contribution in [0, 0.1) is 0 Å². The lowest BCUT2D eigenvalue weighted by Crippen LogP contribution is -2.42. The fourth-order valence-electron chi connectivity index (χ4n) is 3.44. The molecule has 1 aliphatic carbocycles. The van der Waals surface area contributed by atoms with Gasteiger partial charge >= 0.3 is 0 Å². The minimum Gasteiger partial charge on any atom is -0.497 e. The van der Waals surface area contributed by atoms with Gasteiger partial charge in [-0.2, -0.15) is 0 Å². The Morgan fingerprint density at radius 3 is 2.70 bits per heavy atom. The van der Waals surface area contributed by atoms with Gasteiger partial charge < -0.3 is 14.2 Å². The van der Waals surface area contributed by atoms with Gasteiger partial charge in [0.15, 0.2) is 0 Å². The molecule has 0 spiro atoms. The van der Waals surface area contributed by atoms with Crippen LogP contribution in [0.3, 0.4) is 0 Å². The molecule has 0 aromatic heterocycles. The van der Waals surface area contributed by atoms with E-state index in [0.29, 0.717) is 6.04 Å². The Morgan fingerprint density at radius 2 is 2.00 bits per heavy atom. The van der Waals surface area contributed by atoms with Crippen molar-refractivity contribution in [2.24, 2.45) is 0 Å². The SMILES string of the molecule is COc1ccc(CN2CCO[C@H]3CC[C@H]2[C@@H]3OC)cc1. The standard InChI is InChI=1S/C16H23NO3/c1-18-13-5-3-12(4-6-13)11-17-9-10-20-15-8-7-14(17)16(15)19-2/h3-6,14-16H,7-11H2,1-2H3/t14-,15-,16-/m0/s1. The molecule has 3 atom stereocenters. The molecule has 4 nitrogen and oxygen atoms in total. The third kappa shape index (κ3) is 2.68. The van der Waals surface area contributed by atoms with Crippen LogP contribution in [-0.4, -0.2) is 50.5 Å². The normalized spacial score (nSPS) is 30.2. The molecule has 20 heavy (non-hydrogen) atoms. The second kappa shape index (κ2) is 6.12. The summed E-state index contributed by atoms with van der Waals surface area (Å²) in [6, 6.07) is 8.80. The quantitative estimate of drug-likeness (QED) is 0.843. The van der Waals surface area contributed by atoms with E-state index in [4.69, 9.17) is 14.2 Å². The van der Waals surface area contributed by atoms with E-state index < -0.39 is 0 Å². The average Bonchev–Trinajstić information content (AvgIpc) is 2.80. The predicted molar refractivity (Wildman–Crippen MR) is 77.0 cm³/mol. The van der Waals surface area contributed by atoms with Crippen LogP contribution in [-0.2, 0) is 16.0 Å². The number of fused-ring (bicyclic) bond motifs is 2. The summed E-state index contributed by atoms with van der Waals surface area (Å²) in [5.41, 5.74) is 1.31. The molecule has 3 rings (SSSR count). The zero-order valence-electron chi connectivity index (χ0n) is 12.2. The van der Waals surface area contributed by atoms with E-state index in [-0.39, 0.29) is 12.2 Å². The Morgan fingerprint density at radius 1 is 1.20 bits per heavy atom. The highest BCUT2D eigenvalue weighted by molar-refractivity contribution is 5.27. The summed E-state index contributed by atoms with van der Waals surface area (Å²) < 4.78 is 16.8. The van der Waals surface area contributed by atoms with Gasteiger partial charge in [-0.25, -0.2) is 0 Å². The van der Waals surface area contributed by atoms with Crippen molar-refractivity contribution in [3.8, 4) is 5.75 Å². The van der Waals surface area contributed by atoms with Gasteiger partial charge in [0.25, 0.3) is 0 Å². The maximum atomic E-state index is 5.92. The van der Waals surface area contributed by atoms with Gasteiger partial charge in [-0.05, 0) is 30.5 Å². The summed E-state index contributed by atoms with van der Waals surface area (Å²) >= 11 is 0. The minimum atomic E-state index is 0.218. The lowest BCUT2D eigenvalue weighted by Gasteiger charge is -2.30. The summed E-state index contributed by atoms with van der Waals surface area (Å²) in [7, 11) is 3.50. The van der Waals surface area contributed by atoms with Crippen molar-refractivity contribution in [2.45, 2.75) is 37.6 Å². The van der Waals surface area contributed by atoms with E-state index in [2.05, 4.69) is 17.0 Å². The van der Waals surface area contributed by atoms with Crippen LogP contribution in [0.1, 0.15) is 18.4 Å². The molecule has 0 unspecified atom stereocenters. The minimum absolute atomic E-state index is 0.218. The van der Waals surface area contributed by atoms with Gasteiger partial charge in [0.05, 0.1) is 25.9 Å². The molecule has 1 saturated heterocycles. The Labute approximate surface area is 120 Å². The first kappa shape index (κ1) is 13.9. The van der Waals surface area contributed by atoms with E-state index in [9.17, 15) is 0 Å². The molecule has 2 fully saturated rings. The van der Waals surface area contributed by atoms with Crippen molar-refractivity contribution >= 4 is 0 Å². The van der Waals surface area contributed by atoms with Crippen molar-refractivity contribution in [1.82, 2.24) is 4.90 Å². The second-order valence-corrected chi connectivity index (χ2v) is 5.57. The molecule has 0 radical (unpaired) electrons. The monoisotopic (exact) mass is 277 g/mol. The molecule has 4 heteroatoms. The fourth-order valence-corrected chi connectivity index (χ4v) is 3.44. The number of methoxy groups -OCH3 is 2. The summed E-state index contributed by atoms with van der Waals surface area (Å²) in [5.74, 6) is 0.906. The number of ether oxygens (including phenoxy) is 3. The van der Waals surface area contributed by atoms with Crippen LogP contribution in [0.5, 0.6) is 5.75 Å². The van der Waals surface area contributed by atoms with Crippen molar-refractivity contribution in [3.05, 3.63) is 29.8 Å². The first-order valence-corrected chi connectivity index (χ1v) is 7.33. The Balaban J connectivity index is 1.71. The first-order chi connectivity index (χ1) is 9.81. The van der Waals surface area contributed by atoms with E-state index in [1.165, 1.54) is 12.0 Å². The number of hydrogen-bond acceptors (Lipinski definition) is 4. The molecule has 1 aliphatic heterocycles. The van der Waals surface area contributed by atoms with Crippen LogP contribution >= 0.6 is 0 Å². The van der Waals surface area contributed by atoms with Crippen LogP contribution in [0.15, 0.2) is 24.3 Å². The van der Waals surface area contributed by atoms with Crippen LogP contribution < -0.4 is 4.74 Å². The lowest BCUT2D eigenvalue weighted by molar-refractivity contribution is -0.0326. The molecular weight excluding hydrogens is 254 g/mol. The average molecular weight is 277 g/mol. The van der Waals surface area contributed by atoms with Gasteiger partial charge in [-0.1, -0.05) is 12.1 Å². The second-order valence-electron chi connectivity index (χ2n) is 5.57. The molecule has 1 aromatic carbocycles. The zero-order valence-corrected chi connectivity index (χ0v) is 12.2. The highest BCUT2D eigenvalue weighted by Crippen LogP contribution is 2.32. The van der Waals surface area contributed by atoms with Gasteiger partial charge in [-0.15, -0.1) is 0 Å². The third-order valence-corrected chi connectivity index (χ3v) is 4.49. The van der Waals surface area contributed by atoms with E-state index in [1.807, 2.05) is 12.1 Å². The molecule has 0 N–H and O–H groups in total. The molecule has 1 heterocycles. The highest BCUT2D eigenvalue weighted by Gasteiger charge is 2.42. The molecule has 1 saturated carbocycles. The summed E-state index contributed by atoms with van der Waals surface area (Å²) in [5, 5.41) is 0. The zero-order chi connectivity index (χ0) is 13.9. The predicted octanol–water partition coefficient (Wildman–Crippen LogP) is 2.07. The summed E-state index contributed by atoms with van der Waals surface area (Å²) in [4.78, 5) is 2.50. The molecule has 110 valence electrons. The fraction of sp³-hybridized carbons (Fsp3) is 0.625. The van der Waals surface area contributed by atoms with Gasteiger partial charge in [0.1, 0.15) is 5.75 Å². The van der Waals surface area contributed by atoms with Crippen molar-refractivity contribution in [1.29, 1.82) is 0 Å². The van der Waals surface area contributed by atoms with E-state index in [1.54, 1.807) is 14.2 Å². The maximum Gasteiger partial charge on any atom is 0.118 e. The van der Waals surface area contributed by atoms with E-state index in [0.717, 1.165) is 31.9 Å². The van der Waals surface area contributed by atoms with Gasteiger partial charge in [0, 0.05) is 26.2 Å². The topological polar surface area (TPSA) is 30.9 Å². The van der Waals surface area contributed by atoms with E-state index >= 15 is 0 Å². The van der Waals surface area contributed by atoms with Crippen molar-refractivity contribution < 1.29 is 14.2 Å².